The summed E-state index contributed by atoms with van der Waals surface area (Å²) in [5.41, 5.74) is 1.70. The van der Waals surface area contributed by atoms with Gasteiger partial charge >= 0.3 is 0 Å². The van der Waals surface area contributed by atoms with Crippen molar-refractivity contribution in [1.82, 2.24) is 0 Å². The Morgan fingerprint density at radius 3 is 2.64 bits per heavy atom. The maximum absolute atomic E-state index is 11.4. The number of hydrogen-bond donors (Lipinski definition) is 1. The molecular weight excluding hydrogens is 182 g/mol. The van der Waals surface area contributed by atoms with Crippen molar-refractivity contribution < 1.29 is 14.3 Å². The van der Waals surface area contributed by atoms with Crippen LogP contribution < -0.4 is 10.1 Å². The molecule has 1 N–H and O–H groups in total. The number of anilines is 1. The quantitative estimate of drug-likeness (QED) is 0.677. The molecular formula is C10H9NO3. The Balaban J connectivity index is 2.66. The molecule has 1 aliphatic heterocycles. The number of nitrogens with one attached hydrogen (secondary N) is 1. The predicted molar refractivity (Wildman–Crippen MR) is 50.7 cm³/mol. The van der Waals surface area contributed by atoms with Gasteiger partial charge in [0.05, 0.1) is 18.4 Å². The van der Waals surface area contributed by atoms with Gasteiger partial charge in [-0.05, 0) is 19.1 Å². The Kier molecular flexibility index (Phi) is 1.77. The molecule has 0 aromatic heterocycles. The number of benzene rings is 1. The van der Waals surface area contributed by atoms with E-state index in [9.17, 15) is 9.59 Å². The maximum atomic E-state index is 11.4. The summed E-state index contributed by atoms with van der Waals surface area (Å²) in [4.78, 5) is 22.5. The number of rotatable bonds is 1. The monoisotopic (exact) mass is 191 g/mol. The summed E-state index contributed by atoms with van der Waals surface area (Å²) in [6.45, 7) is 1.76. The summed E-state index contributed by atoms with van der Waals surface area (Å²) in [5, 5.41) is 2.50. The van der Waals surface area contributed by atoms with Crippen molar-refractivity contribution in [3.63, 3.8) is 0 Å². The molecule has 4 nitrogen and oxygen atoms in total. The Bertz CT molecular complexity index is 437. The number of amides is 1. The molecule has 2 rings (SSSR count). The van der Waals surface area contributed by atoms with E-state index in [2.05, 4.69) is 5.32 Å². The topological polar surface area (TPSA) is 55.4 Å². The van der Waals surface area contributed by atoms with Gasteiger partial charge in [-0.25, -0.2) is 0 Å². The first-order valence-electron chi connectivity index (χ1n) is 4.18. The Morgan fingerprint density at radius 1 is 1.29 bits per heavy atom. The fourth-order valence-corrected chi connectivity index (χ4v) is 1.60. The van der Waals surface area contributed by atoms with E-state index in [0.29, 0.717) is 22.6 Å². The van der Waals surface area contributed by atoms with Gasteiger partial charge in [0.1, 0.15) is 5.75 Å². The summed E-state index contributed by atoms with van der Waals surface area (Å²) in [6, 6.07) is 3.40. The van der Waals surface area contributed by atoms with E-state index < -0.39 is 11.7 Å². The molecule has 0 saturated carbocycles. The first kappa shape index (κ1) is 8.74. The molecule has 0 fully saturated rings. The molecule has 1 aromatic rings. The fraction of sp³-hybridized carbons (Fsp3) is 0.200. The van der Waals surface area contributed by atoms with Gasteiger partial charge in [-0.2, -0.15) is 0 Å². The Morgan fingerprint density at radius 2 is 2.00 bits per heavy atom. The summed E-state index contributed by atoms with van der Waals surface area (Å²) >= 11 is 0. The number of carbonyl (C=O) groups excluding carboxylic acids is 2. The SMILES string of the molecule is COc1ccc2c(c1C)C(=O)C(=O)N2. The molecule has 0 saturated heterocycles. The lowest BCUT2D eigenvalue weighted by molar-refractivity contribution is -0.112. The van der Waals surface area contributed by atoms with Crippen LogP contribution in [-0.4, -0.2) is 18.8 Å². The average Bonchev–Trinajstić information content (AvgIpc) is 2.44. The number of methoxy groups -OCH3 is 1. The number of hydrogen-bond acceptors (Lipinski definition) is 3. The van der Waals surface area contributed by atoms with Gasteiger partial charge in [-0.3, -0.25) is 9.59 Å². The zero-order valence-electron chi connectivity index (χ0n) is 7.88. The zero-order valence-corrected chi connectivity index (χ0v) is 7.88. The van der Waals surface area contributed by atoms with E-state index in [4.69, 9.17) is 4.74 Å². The molecule has 0 unspecified atom stereocenters. The number of ketones is 1. The Hall–Kier alpha value is -1.84. The van der Waals surface area contributed by atoms with Gasteiger partial charge in [0.15, 0.2) is 0 Å². The molecule has 0 aliphatic carbocycles. The maximum Gasteiger partial charge on any atom is 0.296 e. The standard InChI is InChI=1S/C10H9NO3/c1-5-7(14-2)4-3-6-8(5)9(12)10(13)11-6/h3-4H,1-2H3,(H,11,12,13). The summed E-state index contributed by atoms with van der Waals surface area (Å²) in [6.07, 6.45) is 0. The van der Waals surface area contributed by atoms with Crippen molar-refractivity contribution in [3.8, 4) is 5.75 Å². The highest BCUT2D eigenvalue weighted by atomic mass is 16.5. The number of ether oxygens (including phenoxy) is 1. The molecule has 1 amide bonds. The van der Waals surface area contributed by atoms with Crippen LogP contribution in [0.3, 0.4) is 0 Å². The average molecular weight is 191 g/mol. The lowest BCUT2D eigenvalue weighted by Crippen LogP contribution is -2.12. The van der Waals surface area contributed by atoms with Crippen molar-refractivity contribution >= 4 is 17.4 Å². The summed E-state index contributed by atoms with van der Waals surface area (Å²) in [5.74, 6) is -0.443. The van der Waals surface area contributed by atoms with Gasteiger partial charge in [0.2, 0.25) is 0 Å². The van der Waals surface area contributed by atoms with Crippen molar-refractivity contribution in [2.45, 2.75) is 6.92 Å². The van der Waals surface area contributed by atoms with Crippen LogP contribution in [0.15, 0.2) is 12.1 Å². The van der Waals surface area contributed by atoms with Crippen molar-refractivity contribution in [2.24, 2.45) is 0 Å². The highest BCUT2D eigenvalue weighted by Gasteiger charge is 2.30. The molecule has 0 atom stereocenters. The highest BCUT2D eigenvalue weighted by molar-refractivity contribution is 6.52. The van der Waals surface area contributed by atoms with Crippen LogP contribution in [0.2, 0.25) is 0 Å². The van der Waals surface area contributed by atoms with Crippen LogP contribution in [0, 0.1) is 6.92 Å². The first-order chi connectivity index (χ1) is 6.65. The summed E-state index contributed by atoms with van der Waals surface area (Å²) in [7, 11) is 1.53. The minimum atomic E-state index is -0.573. The molecule has 4 heteroatoms. The van der Waals surface area contributed by atoms with E-state index >= 15 is 0 Å². The van der Waals surface area contributed by atoms with Crippen LogP contribution in [0.1, 0.15) is 15.9 Å². The van der Waals surface area contributed by atoms with Gasteiger partial charge in [-0.15, -0.1) is 0 Å². The predicted octanol–water partition coefficient (Wildman–Crippen LogP) is 1.14. The molecule has 14 heavy (non-hydrogen) atoms. The van der Waals surface area contributed by atoms with Crippen LogP contribution in [-0.2, 0) is 4.79 Å². The molecule has 72 valence electrons. The van der Waals surface area contributed by atoms with Crippen molar-refractivity contribution in [2.75, 3.05) is 12.4 Å². The van der Waals surface area contributed by atoms with Crippen molar-refractivity contribution in [3.05, 3.63) is 23.3 Å². The van der Waals surface area contributed by atoms with Gasteiger partial charge in [0.25, 0.3) is 11.7 Å². The third kappa shape index (κ3) is 1.00. The van der Waals surface area contributed by atoms with Gasteiger partial charge in [-0.1, -0.05) is 0 Å². The zero-order chi connectivity index (χ0) is 10.3. The third-order valence-corrected chi connectivity index (χ3v) is 2.32. The number of fused-ring (bicyclic) bond motifs is 1. The van der Waals surface area contributed by atoms with Crippen LogP contribution >= 0.6 is 0 Å². The minimum Gasteiger partial charge on any atom is -0.496 e. The van der Waals surface area contributed by atoms with Crippen molar-refractivity contribution in [1.29, 1.82) is 0 Å². The second kappa shape index (κ2) is 2.83. The highest BCUT2D eigenvalue weighted by Crippen LogP contribution is 2.31. The van der Waals surface area contributed by atoms with Crippen LogP contribution in [0.5, 0.6) is 5.75 Å². The van der Waals surface area contributed by atoms with Gasteiger partial charge < -0.3 is 10.1 Å². The molecule has 1 heterocycles. The summed E-state index contributed by atoms with van der Waals surface area (Å²) < 4.78 is 5.06. The molecule has 1 aliphatic rings. The van der Waals surface area contributed by atoms with E-state index in [-0.39, 0.29) is 0 Å². The lowest BCUT2D eigenvalue weighted by atomic mass is 10.0. The number of Topliss-reactive ketones (excluding diaryl/α,β-unsaturated/α-hetero) is 1. The fourth-order valence-electron chi connectivity index (χ4n) is 1.60. The molecule has 0 bridgehead atoms. The van der Waals surface area contributed by atoms with E-state index in [1.807, 2.05) is 0 Å². The Labute approximate surface area is 80.9 Å². The molecule has 0 spiro atoms. The first-order valence-corrected chi connectivity index (χ1v) is 4.18. The largest absolute Gasteiger partial charge is 0.496 e. The molecule has 0 radical (unpaired) electrons. The normalized spacial score (nSPS) is 13.9. The second-order valence-electron chi connectivity index (χ2n) is 3.10. The van der Waals surface area contributed by atoms with E-state index in [0.717, 1.165) is 0 Å². The van der Waals surface area contributed by atoms with Crippen LogP contribution in [0.4, 0.5) is 5.69 Å². The second-order valence-corrected chi connectivity index (χ2v) is 3.10. The number of carbonyl (C=O) groups is 2. The lowest BCUT2D eigenvalue weighted by Gasteiger charge is -2.06. The van der Waals surface area contributed by atoms with Gasteiger partial charge in [0, 0.05) is 5.56 Å². The third-order valence-electron chi connectivity index (χ3n) is 2.32. The van der Waals surface area contributed by atoms with Crippen LogP contribution in [0.25, 0.3) is 0 Å². The van der Waals surface area contributed by atoms with E-state index in [1.165, 1.54) is 7.11 Å². The van der Waals surface area contributed by atoms with E-state index in [1.54, 1.807) is 19.1 Å². The molecule has 1 aromatic carbocycles. The minimum absolute atomic E-state index is 0.425. The smallest absolute Gasteiger partial charge is 0.296 e.